The molecule has 1 unspecified atom stereocenters. The van der Waals surface area contributed by atoms with Gasteiger partial charge in [-0.3, -0.25) is 14.9 Å². The smallest absolute Gasteiger partial charge is 0.369 e. The number of primary amides is 1. The van der Waals surface area contributed by atoms with Crippen molar-refractivity contribution in [1.29, 1.82) is 0 Å². The second-order valence-corrected chi connectivity index (χ2v) is 6.12. The van der Waals surface area contributed by atoms with Gasteiger partial charge in [-0.1, -0.05) is 15.9 Å². The van der Waals surface area contributed by atoms with Gasteiger partial charge in [0.25, 0.3) is 5.69 Å². The molecule has 1 atom stereocenters. The van der Waals surface area contributed by atoms with Gasteiger partial charge < -0.3 is 10.6 Å². The second kappa shape index (κ2) is 6.34. The van der Waals surface area contributed by atoms with Crippen LogP contribution in [0.15, 0.2) is 16.6 Å². The van der Waals surface area contributed by atoms with Crippen LogP contribution in [0.5, 0.6) is 0 Å². The molecule has 1 aliphatic heterocycles. The molecule has 0 aliphatic carbocycles. The predicted octanol–water partition coefficient (Wildman–Crippen LogP) is 3.08. The Kier molecular flexibility index (Phi) is 4.83. The highest BCUT2D eigenvalue weighted by atomic mass is 79.9. The molecule has 1 heterocycles. The largest absolute Gasteiger partial charge is 0.417 e. The van der Waals surface area contributed by atoms with Gasteiger partial charge in [-0.2, -0.15) is 13.2 Å². The average molecular weight is 396 g/mol. The highest BCUT2D eigenvalue weighted by molar-refractivity contribution is 9.10. The Morgan fingerprint density at radius 3 is 2.61 bits per heavy atom. The van der Waals surface area contributed by atoms with Gasteiger partial charge in [0.15, 0.2) is 0 Å². The topological polar surface area (TPSA) is 89.5 Å². The van der Waals surface area contributed by atoms with Crippen molar-refractivity contribution in [3.05, 3.63) is 32.3 Å². The van der Waals surface area contributed by atoms with Gasteiger partial charge in [0, 0.05) is 23.6 Å². The number of rotatable bonds is 3. The summed E-state index contributed by atoms with van der Waals surface area (Å²) in [7, 11) is 0. The highest BCUT2D eigenvalue weighted by Crippen LogP contribution is 2.42. The third kappa shape index (κ3) is 3.74. The van der Waals surface area contributed by atoms with Crippen molar-refractivity contribution in [3.8, 4) is 0 Å². The first-order chi connectivity index (χ1) is 10.6. The number of halogens is 4. The molecule has 23 heavy (non-hydrogen) atoms. The summed E-state index contributed by atoms with van der Waals surface area (Å²) < 4.78 is 38.4. The zero-order chi connectivity index (χ0) is 17.4. The van der Waals surface area contributed by atoms with Crippen LogP contribution in [-0.4, -0.2) is 23.9 Å². The number of amides is 1. The molecule has 1 aromatic carbocycles. The standard InChI is InChI=1S/C13H13BrF3N3O3/c14-9-5-10(19-3-1-2-7(6-19)12(18)21)11(20(22)23)4-8(9)13(15,16)17/h4-5,7H,1-3,6H2,(H2,18,21). The number of hydrogen-bond acceptors (Lipinski definition) is 4. The van der Waals surface area contributed by atoms with E-state index in [-0.39, 0.29) is 16.7 Å². The van der Waals surface area contributed by atoms with E-state index < -0.39 is 34.2 Å². The van der Waals surface area contributed by atoms with E-state index in [2.05, 4.69) is 15.9 Å². The summed E-state index contributed by atoms with van der Waals surface area (Å²) in [4.78, 5) is 23.2. The Balaban J connectivity index is 2.47. The predicted molar refractivity (Wildman–Crippen MR) is 79.9 cm³/mol. The molecule has 2 rings (SSSR count). The van der Waals surface area contributed by atoms with Crippen LogP contribution in [0.2, 0.25) is 0 Å². The van der Waals surface area contributed by atoms with Crippen molar-refractivity contribution in [2.24, 2.45) is 11.7 Å². The fraction of sp³-hybridized carbons (Fsp3) is 0.462. The van der Waals surface area contributed by atoms with Crippen LogP contribution in [0.1, 0.15) is 18.4 Å². The van der Waals surface area contributed by atoms with Crippen LogP contribution in [0, 0.1) is 16.0 Å². The van der Waals surface area contributed by atoms with Crippen LogP contribution >= 0.6 is 15.9 Å². The minimum absolute atomic E-state index is 0.0424. The zero-order valence-corrected chi connectivity index (χ0v) is 13.4. The number of nitrogens with zero attached hydrogens (tertiary/aromatic N) is 2. The molecule has 0 saturated carbocycles. The Hall–Kier alpha value is -1.84. The van der Waals surface area contributed by atoms with Crippen molar-refractivity contribution < 1.29 is 22.9 Å². The Morgan fingerprint density at radius 1 is 1.43 bits per heavy atom. The molecule has 1 saturated heterocycles. The van der Waals surface area contributed by atoms with Crippen LogP contribution in [-0.2, 0) is 11.0 Å². The van der Waals surface area contributed by atoms with Gasteiger partial charge in [-0.15, -0.1) is 0 Å². The molecule has 1 amide bonds. The van der Waals surface area contributed by atoms with Crippen molar-refractivity contribution in [2.45, 2.75) is 19.0 Å². The van der Waals surface area contributed by atoms with Crippen LogP contribution in [0.25, 0.3) is 0 Å². The van der Waals surface area contributed by atoms with Crippen LogP contribution in [0.4, 0.5) is 24.5 Å². The number of nitro groups is 1. The van der Waals surface area contributed by atoms with Gasteiger partial charge >= 0.3 is 6.18 Å². The lowest BCUT2D eigenvalue weighted by Gasteiger charge is -2.33. The molecule has 2 N–H and O–H groups in total. The lowest BCUT2D eigenvalue weighted by molar-refractivity contribution is -0.384. The average Bonchev–Trinajstić information content (AvgIpc) is 2.45. The van der Waals surface area contributed by atoms with Crippen LogP contribution in [0.3, 0.4) is 0 Å². The number of alkyl halides is 3. The normalized spacial score (nSPS) is 18.8. The van der Waals surface area contributed by atoms with E-state index in [1.807, 2.05) is 0 Å². The first-order valence-corrected chi connectivity index (χ1v) is 7.50. The molecule has 6 nitrogen and oxygen atoms in total. The summed E-state index contributed by atoms with van der Waals surface area (Å²) in [5.74, 6) is -1.01. The maximum absolute atomic E-state index is 12.9. The van der Waals surface area contributed by atoms with Crippen molar-refractivity contribution in [1.82, 2.24) is 0 Å². The number of carbonyl (C=O) groups is 1. The highest BCUT2D eigenvalue weighted by Gasteiger charge is 2.37. The number of nitrogens with two attached hydrogens (primary N) is 1. The maximum Gasteiger partial charge on any atom is 0.417 e. The summed E-state index contributed by atoms with van der Waals surface area (Å²) in [5, 5.41) is 11.2. The van der Waals surface area contributed by atoms with Gasteiger partial charge in [-0.05, 0) is 18.9 Å². The fourth-order valence-electron chi connectivity index (χ4n) is 2.60. The minimum atomic E-state index is -4.71. The monoisotopic (exact) mass is 395 g/mol. The quantitative estimate of drug-likeness (QED) is 0.628. The lowest BCUT2D eigenvalue weighted by atomic mass is 9.96. The Morgan fingerprint density at radius 2 is 2.09 bits per heavy atom. The third-order valence-electron chi connectivity index (χ3n) is 3.73. The third-order valence-corrected chi connectivity index (χ3v) is 4.39. The molecular weight excluding hydrogens is 383 g/mol. The van der Waals surface area contributed by atoms with E-state index in [0.29, 0.717) is 25.5 Å². The minimum Gasteiger partial charge on any atom is -0.369 e. The lowest BCUT2D eigenvalue weighted by Crippen LogP contribution is -2.41. The second-order valence-electron chi connectivity index (χ2n) is 5.26. The van der Waals surface area contributed by atoms with E-state index in [9.17, 15) is 28.1 Å². The van der Waals surface area contributed by atoms with Gasteiger partial charge in [0.05, 0.1) is 16.4 Å². The van der Waals surface area contributed by atoms with Crippen LogP contribution < -0.4 is 10.6 Å². The zero-order valence-electron chi connectivity index (χ0n) is 11.8. The molecule has 0 spiro atoms. The van der Waals surface area contributed by atoms with Gasteiger partial charge in [-0.25, -0.2) is 0 Å². The number of hydrogen-bond donors (Lipinski definition) is 1. The summed E-state index contributed by atoms with van der Waals surface area (Å²) >= 11 is 2.82. The molecule has 0 radical (unpaired) electrons. The van der Waals surface area contributed by atoms with E-state index in [4.69, 9.17) is 5.73 Å². The molecule has 10 heteroatoms. The number of nitro benzene ring substituents is 1. The molecule has 1 fully saturated rings. The first-order valence-electron chi connectivity index (χ1n) is 6.70. The van der Waals surface area contributed by atoms with E-state index in [1.165, 1.54) is 4.90 Å². The van der Waals surface area contributed by atoms with E-state index in [1.54, 1.807) is 0 Å². The first kappa shape index (κ1) is 17.5. The number of piperidine rings is 1. The summed E-state index contributed by atoms with van der Waals surface area (Å²) in [5.41, 5.74) is 3.54. The summed E-state index contributed by atoms with van der Waals surface area (Å²) in [6.45, 7) is 0.552. The van der Waals surface area contributed by atoms with Gasteiger partial charge in [0.2, 0.25) is 5.91 Å². The molecule has 1 aliphatic rings. The summed E-state index contributed by atoms with van der Waals surface area (Å²) in [6, 6.07) is 1.58. The summed E-state index contributed by atoms with van der Waals surface area (Å²) in [6.07, 6.45) is -3.58. The SMILES string of the molecule is NC(=O)C1CCCN(c2cc(Br)c(C(F)(F)F)cc2[N+](=O)[O-])C1. The van der Waals surface area contributed by atoms with E-state index in [0.717, 1.165) is 6.07 Å². The fourth-order valence-corrected chi connectivity index (χ4v) is 3.15. The number of benzene rings is 1. The number of carbonyl (C=O) groups excluding carboxylic acids is 1. The van der Waals surface area contributed by atoms with Crippen molar-refractivity contribution in [2.75, 3.05) is 18.0 Å². The van der Waals surface area contributed by atoms with Crippen molar-refractivity contribution in [3.63, 3.8) is 0 Å². The molecular formula is C13H13BrF3N3O3. The molecule has 0 bridgehead atoms. The molecule has 1 aromatic rings. The number of anilines is 1. The Bertz CT molecular complexity index is 651. The Labute approximate surface area is 137 Å². The maximum atomic E-state index is 12.9. The van der Waals surface area contributed by atoms with E-state index >= 15 is 0 Å². The molecule has 126 valence electrons. The molecule has 0 aromatic heterocycles. The van der Waals surface area contributed by atoms with Crippen molar-refractivity contribution >= 4 is 33.2 Å². The van der Waals surface area contributed by atoms with Gasteiger partial charge in [0.1, 0.15) is 5.69 Å².